The summed E-state index contributed by atoms with van der Waals surface area (Å²) in [5, 5.41) is 0. The summed E-state index contributed by atoms with van der Waals surface area (Å²) in [6, 6.07) is 6.92. The molecule has 2 rings (SSSR count). The molecule has 0 spiro atoms. The van der Waals surface area contributed by atoms with Crippen molar-refractivity contribution >= 4 is 0 Å². The van der Waals surface area contributed by atoms with Gasteiger partial charge in [0, 0.05) is 0 Å². The van der Waals surface area contributed by atoms with E-state index < -0.39 is 0 Å². The van der Waals surface area contributed by atoms with E-state index in [-0.39, 0.29) is 0 Å². The van der Waals surface area contributed by atoms with Gasteiger partial charge in [-0.25, -0.2) is 0 Å². The van der Waals surface area contributed by atoms with Crippen LogP contribution in [0.2, 0.25) is 0 Å². The molecule has 1 aliphatic rings. The fourth-order valence-corrected chi connectivity index (χ4v) is 3.88. The number of aryl methyl sites for hydroxylation is 1. The zero-order chi connectivity index (χ0) is 14.1. The van der Waals surface area contributed by atoms with E-state index in [0.717, 1.165) is 0 Å². The van der Waals surface area contributed by atoms with Gasteiger partial charge in [-0.1, -0.05) is 71.6 Å². The largest absolute Gasteiger partial charge is 0.0617 e. The minimum atomic E-state index is 0.315. The van der Waals surface area contributed by atoms with Gasteiger partial charge in [-0.3, -0.25) is 0 Å². The highest BCUT2D eigenvalue weighted by Crippen LogP contribution is 2.42. The topological polar surface area (TPSA) is 0 Å². The molecule has 0 unspecified atom stereocenters. The summed E-state index contributed by atoms with van der Waals surface area (Å²) in [6.07, 6.45) is 8.20. The minimum Gasteiger partial charge on any atom is -0.0617 e. The molecular formula is C19H30. The molecule has 0 radical (unpaired) electrons. The fourth-order valence-electron chi connectivity index (χ4n) is 3.88. The van der Waals surface area contributed by atoms with Crippen LogP contribution >= 0.6 is 0 Å². The Bertz CT molecular complexity index is 437. The van der Waals surface area contributed by atoms with Crippen molar-refractivity contribution in [1.29, 1.82) is 0 Å². The third-order valence-electron chi connectivity index (χ3n) is 5.03. The smallest absolute Gasteiger partial charge is 0.00980 e. The van der Waals surface area contributed by atoms with Gasteiger partial charge in [0.25, 0.3) is 0 Å². The summed E-state index contributed by atoms with van der Waals surface area (Å²) in [6.45, 7) is 12.0. The van der Waals surface area contributed by atoms with Crippen molar-refractivity contribution in [2.24, 2.45) is 0 Å². The Hall–Kier alpha value is -0.780. The quantitative estimate of drug-likeness (QED) is 0.543. The van der Waals surface area contributed by atoms with Crippen LogP contribution in [-0.4, -0.2) is 0 Å². The third kappa shape index (κ3) is 3.04. The first kappa shape index (κ1) is 14.6. The molecule has 0 heterocycles. The molecule has 0 N–H and O–H groups in total. The number of hydrogen-bond acceptors (Lipinski definition) is 0. The van der Waals surface area contributed by atoms with Gasteiger partial charge in [-0.15, -0.1) is 0 Å². The van der Waals surface area contributed by atoms with E-state index in [0.29, 0.717) is 10.8 Å². The second kappa shape index (κ2) is 5.31. The molecule has 0 heteroatoms. The van der Waals surface area contributed by atoms with Crippen molar-refractivity contribution in [1.82, 2.24) is 0 Å². The lowest BCUT2D eigenvalue weighted by Crippen LogP contribution is -2.28. The lowest BCUT2D eigenvalue weighted by atomic mass is 9.68. The first-order chi connectivity index (χ1) is 8.84. The maximum atomic E-state index is 2.44. The molecule has 1 aromatic carbocycles. The Morgan fingerprint density at radius 1 is 0.789 bits per heavy atom. The molecule has 0 atom stereocenters. The van der Waals surface area contributed by atoms with E-state index in [1.807, 2.05) is 0 Å². The van der Waals surface area contributed by atoms with Crippen LogP contribution in [-0.2, 0) is 10.8 Å². The normalized spacial score (nSPS) is 22.6. The Morgan fingerprint density at radius 3 is 2.00 bits per heavy atom. The van der Waals surface area contributed by atoms with Crippen LogP contribution < -0.4 is 0 Å². The Labute approximate surface area is 119 Å². The van der Waals surface area contributed by atoms with Crippen LogP contribution in [0, 0.1) is 6.92 Å². The van der Waals surface area contributed by atoms with E-state index >= 15 is 0 Å². The van der Waals surface area contributed by atoms with E-state index in [9.17, 15) is 0 Å². The first-order valence-electron chi connectivity index (χ1n) is 7.95. The van der Waals surface area contributed by atoms with Crippen molar-refractivity contribution in [2.75, 3.05) is 0 Å². The highest BCUT2D eigenvalue weighted by molar-refractivity contribution is 5.43. The predicted octanol–water partition coefficient (Wildman–Crippen LogP) is 5.90. The lowest BCUT2D eigenvalue weighted by molar-refractivity contribution is 0.382. The standard InChI is InChI=1S/C19H30/c1-15-11-10-12-16-17(15)19(4,5)14-9-7-6-8-13-18(16,2)3/h10-12H,6-9,13-14H2,1-5H3. The zero-order valence-electron chi connectivity index (χ0n) is 13.5. The van der Waals surface area contributed by atoms with Gasteiger partial charge in [0.15, 0.2) is 0 Å². The van der Waals surface area contributed by atoms with Gasteiger partial charge in [0.05, 0.1) is 0 Å². The molecular weight excluding hydrogens is 228 g/mol. The van der Waals surface area contributed by atoms with Gasteiger partial charge >= 0.3 is 0 Å². The van der Waals surface area contributed by atoms with Crippen LogP contribution in [0.15, 0.2) is 18.2 Å². The number of rotatable bonds is 0. The average molecular weight is 258 g/mol. The van der Waals surface area contributed by atoms with Crippen molar-refractivity contribution in [2.45, 2.75) is 84.0 Å². The molecule has 19 heavy (non-hydrogen) atoms. The second-order valence-electron chi connectivity index (χ2n) is 7.68. The highest BCUT2D eigenvalue weighted by Gasteiger charge is 2.31. The number of benzene rings is 1. The molecule has 0 aromatic heterocycles. The van der Waals surface area contributed by atoms with Gasteiger partial charge < -0.3 is 0 Å². The van der Waals surface area contributed by atoms with Crippen LogP contribution in [0.4, 0.5) is 0 Å². The number of fused-ring (bicyclic) bond motifs is 1. The second-order valence-corrected chi connectivity index (χ2v) is 7.68. The van der Waals surface area contributed by atoms with Gasteiger partial charge in [-0.2, -0.15) is 0 Å². The van der Waals surface area contributed by atoms with Crippen molar-refractivity contribution in [3.8, 4) is 0 Å². The van der Waals surface area contributed by atoms with Crippen molar-refractivity contribution in [3.05, 3.63) is 34.9 Å². The van der Waals surface area contributed by atoms with Gasteiger partial charge in [-0.05, 0) is 47.3 Å². The average Bonchev–Trinajstić information content (AvgIpc) is 2.32. The molecule has 0 nitrogen and oxygen atoms in total. The molecule has 0 fully saturated rings. The van der Waals surface area contributed by atoms with E-state index in [1.54, 1.807) is 11.1 Å². The minimum absolute atomic E-state index is 0.315. The molecule has 0 saturated carbocycles. The third-order valence-corrected chi connectivity index (χ3v) is 5.03. The van der Waals surface area contributed by atoms with Crippen LogP contribution in [0.5, 0.6) is 0 Å². The predicted molar refractivity (Wildman–Crippen MR) is 84.9 cm³/mol. The molecule has 1 aromatic rings. The van der Waals surface area contributed by atoms with E-state index in [4.69, 9.17) is 0 Å². The Morgan fingerprint density at radius 2 is 1.37 bits per heavy atom. The summed E-state index contributed by atoms with van der Waals surface area (Å²) in [7, 11) is 0. The van der Waals surface area contributed by atoms with E-state index in [1.165, 1.54) is 44.1 Å². The summed E-state index contributed by atoms with van der Waals surface area (Å²) >= 11 is 0. The summed E-state index contributed by atoms with van der Waals surface area (Å²) in [4.78, 5) is 0. The van der Waals surface area contributed by atoms with Crippen molar-refractivity contribution < 1.29 is 0 Å². The van der Waals surface area contributed by atoms with Gasteiger partial charge in [0.1, 0.15) is 0 Å². The summed E-state index contributed by atoms with van der Waals surface area (Å²) < 4.78 is 0. The molecule has 0 saturated heterocycles. The Balaban J connectivity index is 2.57. The molecule has 1 aliphatic carbocycles. The maximum absolute atomic E-state index is 2.44. The maximum Gasteiger partial charge on any atom is -0.00980 e. The van der Waals surface area contributed by atoms with Crippen LogP contribution in [0.25, 0.3) is 0 Å². The molecule has 0 amide bonds. The van der Waals surface area contributed by atoms with E-state index in [2.05, 4.69) is 52.8 Å². The first-order valence-corrected chi connectivity index (χ1v) is 7.95. The number of hydrogen-bond donors (Lipinski definition) is 0. The summed E-state index contributed by atoms with van der Waals surface area (Å²) in [5.41, 5.74) is 5.34. The SMILES string of the molecule is Cc1cccc2c1C(C)(C)CCCCCCC2(C)C. The molecule has 0 bridgehead atoms. The van der Waals surface area contributed by atoms with Crippen LogP contribution in [0.1, 0.15) is 82.9 Å². The molecule has 0 aliphatic heterocycles. The molecule has 106 valence electrons. The van der Waals surface area contributed by atoms with Crippen molar-refractivity contribution in [3.63, 3.8) is 0 Å². The van der Waals surface area contributed by atoms with Gasteiger partial charge in [0.2, 0.25) is 0 Å². The highest BCUT2D eigenvalue weighted by atomic mass is 14.4. The van der Waals surface area contributed by atoms with Crippen LogP contribution in [0.3, 0.4) is 0 Å². The zero-order valence-corrected chi connectivity index (χ0v) is 13.5. The lowest BCUT2D eigenvalue weighted by Gasteiger charge is -2.37. The Kier molecular flexibility index (Phi) is 4.08. The summed E-state index contributed by atoms with van der Waals surface area (Å²) in [5.74, 6) is 0. The fraction of sp³-hybridized carbons (Fsp3) is 0.684. The monoisotopic (exact) mass is 258 g/mol.